The first-order valence-corrected chi connectivity index (χ1v) is 14.8. The van der Waals surface area contributed by atoms with Crippen molar-refractivity contribution in [3.05, 3.63) is 113 Å². The second kappa shape index (κ2) is 11.3. The van der Waals surface area contributed by atoms with Crippen LogP contribution in [-0.4, -0.2) is 11.8 Å². The molecular formula is C23H19Cl2HfN2O2. The Bertz CT molecular complexity index is 976. The minimum Gasteiger partial charge on any atom is -1.00 e. The molecule has 30 heavy (non-hydrogen) atoms. The van der Waals surface area contributed by atoms with E-state index < -0.39 is 22.0 Å². The van der Waals surface area contributed by atoms with Crippen molar-refractivity contribution in [3.8, 4) is 0 Å². The second-order valence-corrected chi connectivity index (χ2v) is 13.5. The fraction of sp³-hybridized carbons (Fsp3) is 0.0435. The first-order chi connectivity index (χ1) is 13.7. The van der Waals surface area contributed by atoms with Gasteiger partial charge in [0.15, 0.2) is 0 Å². The summed E-state index contributed by atoms with van der Waals surface area (Å²) in [6, 6.07) is 26.4. The van der Waals surface area contributed by atoms with Gasteiger partial charge in [0.2, 0.25) is 0 Å². The summed E-state index contributed by atoms with van der Waals surface area (Å²) in [4.78, 5) is 25.6. The third-order valence-electron chi connectivity index (χ3n) is 4.68. The molecular weight excluding hydrogens is 586 g/mol. The Morgan fingerprint density at radius 1 is 0.667 bits per heavy atom. The minimum atomic E-state index is -3.17. The Morgan fingerprint density at radius 3 is 1.67 bits per heavy atom. The van der Waals surface area contributed by atoms with Crippen LogP contribution in [0.3, 0.4) is 0 Å². The van der Waals surface area contributed by atoms with Gasteiger partial charge in [0.25, 0.3) is 0 Å². The Labute approximate surface area is 196 Å². The van der Waals surface area contributed by atoms with E-state index in [4.69, 9.17) is 0 Å². The smallest absolute Gasteiger partial charge is 1.00 e. The van der Waals surface area contributed by atoms with Crippen molar-refractivity contribution in [2.24, 2.45) is 0 Å². The van der Waals surface area contributed by atoms with Gasteiger partial charge in [0, 0.05) is 0 Å². The van der Waals surface area contributed by atoms with E-state index in [-0.39, 0.29) is 40.3 Å². The molecule has 1 aliphatic carbocycles. The number of hydrogen-bond acceptors (Lipinski definition) is 2. The molecule has 0 saturated carbocycles. The van der Waals surface area contributed by atoms with Crippen molar-refractivity contribution in [1.82, 2.24) is 6.61 Å². The third kappa shape index (κ3) is 5.48. The van der Waals surface area contributed by atoms with Crippen LogP contribution in [0.2, 0.25) is 0 Å². The van der Waals surface area contributed by atoms with Crippen LogP contribution in [0.1, 0.15) is 35.5 Å². The minimum absolute atomic E-state index is 0. The van der Waals surface area contributed by atoms with Crippen molar-refractivity contribution >= 4 is 17.9 Å². The van der Waals surface area contributed by atoms with Crippen LogP contribution in [0.4, 0.5) is 0 Å². The molecule has 1 atom stereocenters. The van der Waals surface area contributed by atoms with Crippen LogP contribution >= 0.6 is 0 Å². The molecule has 2 amide bonds. The van der Waals surface area contributed by atoms with Gasteiger partial charge in [0.1, 0.15) is 0 Å². The molecule has 1 aliphatic rings. The number of hydrogen-bond donors (Lipinski definition) is 2. The number of carbonyl (C=O) groups excluding carboxylic acids is 2. The van der Waals surface area contributed by atoms with Gasteiger partial charge in [-0.2, -0.15) is 0 Å². The molecule has 7 heteroatoms. The van der Waals surface area contributed by atoms with E-state index in [0.29, 0.717) is 11.1 Å². The summed E-state index contributed by atoms with van der Waals surface area (Å²) in [6.45, 7) is 0. The van der Waals surface area contributed by atoms with Crippen LogP contribution in [0.5, 0.6) is 0 Å². The fourth-order valence-electron chi connectivity index (χ4n) is 3.26. The number of benzene rings is 3. The fourth-order valence-corrected chi connectivity index (χ4v) is 10.5. The molecule has 2 N–H and O–H groups in total. The van der Waals surface area contributed by atoms with Gasteiger partial charge >= 0.3 is 173 Å². The van der Waals surface area contributed by atoms with Gasteiger partial charge in [-0.1, -0.05) is 0 Å². The van der Waals surface area contributed by atoms with Gasteiger partial charge in [-0.15, -0.1) is 0 Å². The van der Waals surface area contributed by atoms with Crippen molar-refractivity contribution < 1.29 is 56.4 Å². The molecule has 0 radical (unpaired) electrons. The summed E-state index contributed by atoms with van der Waals surface area (Å²) in [5.74, 6) is -0.261. The molecule has 0 aromatic heterocycles. The van der Waals surface area contributed by atoms with E-state index in [9.17, 15) is 9.59 Å². The number of amides is 2. The Kier molecular flexibility index (Phi) is 9.03. The number of rotatable bonds is 5. The van der Waals surface area contributed by atoms with E-state index in [0.717, 1.165) is 5.56 Å². The summed E-state index contributed by atoms with van der Waals surface area (Å²) in [7, 11) is 0. The number of fused-ring (bicyclic) bond motifs is 1. The predicted octanol–water partition coefficient (Wildman–Crippen LogP) is -1.93. The van der Waals surface area contributed by atoms with E-state index in [1.807, 2.05) is 48.5 Å². The molecule has 0 fully saturated rings. The maximum Gasteiger partial charge on any atom is -1.00 e. The summed E-state index contributed by atoms with van der Waals surface area (Å²) < 4.78 is 6.49. The van der Waals surface area contributed by atoms with E-state index >= 15 is 0 Å². The van der Waals surface area contributed by atoms with Crippen LogP contribution in [0.15, 0.2) is 91.0 Å². The molecule has 0 aliphatic heterocycles. The Morgan fingerprint density at radius 2 is 1.13 bits per heavy atom. The number of allylic oxidation sites excluding steroid dienone is 1. The normalized spacial score (nSPS) is 13.3. The van der Waals surface area contributed by atoms with Gasteiger partial charge in [-0.3, -0.25) is 0 Å². The summed E-state index contributed by atoms with van der Waals surface area (Å²) in [6.07, 6.45) is 4.19. The Balaban J connectivity index is 0.00000160. The summed E-state index contributed by atoms with van der Waals surface area (Å²) in [5, 5.41) is 0. The Hall–Kier alpha value is -2.21. The SMILES string of the molecule is O=C([NH][Hf+2]([NH]C(=O)c1ccccc1)[CH]1C=Cc2ccccc21)c1ccccc1.[Cl-].[Cl-]. The molecule has 0 saturated heterocycles. The zero-order valence-electron chi connectivity index (χ0n) is 15.9. The number of carbonyl (C=O) groups is 2. The molecule has 4 nitrogen and oxygen atoms in total. The monoisotopic (exact) mass is 605 g/mol. The molecule has 3 aromatic rings. The maximum atomic E-state index is 12.8. The first kappa shape index (κ1) is 24.1. The predicted molar refractivity (Wildman–Crippen MR) is 106 cm³/mol. The largest absolute Gasteiger partial charge is 1.00 e. The van der Waals surface area contributed by atoms with Crippen LogP contribution in [0, 0.1) is 0 Å². The molecule has 0 heterocycles. The van der Waals surface area contributed by atoms with Gasteiger partial charge in [-0.05, 0) is 0 Å². The number of nitrogens with one attached hydrogen (secondary N) is 2. The van der Waals surface area contributed by atoms with E-state index in [1.54, 1.807) is 24.3 Å². The van der Waals surface area contributed by atoms with Crippen molar-refractivity contribution in [1.29, 1.82) is 0 Å². The molecule has 0 bridgehead atoms. The van der Waals surface area contributed by atoms with Crippen molar-refractivity contribution in [2.75, 3.05) is 0 Å². The van der Waals surface area contributed by atoms with Crippen LogP contribution < -0.4 is 31.4 Å². The van der Waals surface area contributed by atoms with E-state index in [2.05, 4.69) is 30.9 Å². The average molecular weight is 605 g/mol. The van der Waals surface area contributed by atoms with Crippen molar-refractivity contribution in [3.63, 3.8) is 0 Å². The van der Waals surface area contributed by atoms with Gasteiger partial charge in [0.05, 0.1) is 0 Å². The standard InChI is InChI=1S/C9H7.2C7H7NO.2ClH.Hf/c1-2-5-9-7-3-6-8(9)4-1;2*8-7(9)6-4-2-1-3-5-6;;;/h1-7H;2*1-5H,(H2,8,9);2*1H;/q;;;;;+4/p-4. The van der Waals surface area contributed by atoms with E-state index in [1.165, 1.54) is 5.56 Å². The first-order valence-electron chi connectivity index (χ1n) is 9.09. The topological polar surface area (TPSA) is 58.2 Å². The second-order valence-electron chi connectivity index (χ2n) is 6.52. The number of halogens is 2. The molecule has 0 spiro atoms. The third-order valence-corrected chi connectivity index (χ3v) is 12.3. The van der Waals surface area contributed by atoms with Gasteiger partial charge < -0.3 is 24.8 Å². The molecule has 4 rings (SSSR count). The molecule has 3 aromatic carbocycles. The van der Waals surface area contributed by atoms with Crippen LogP contribution in [-0.2, 0) is 22.0 Å². The zero-order valence-corrected chi connectivity index (χ0v) is 21.0. The molecule has 151 valence electrons. The maximum absolute atomic E-state index is 12.8. The quantitative estimate of drug-likeness (QED) is 0.334. The summed E-state index contributed by atoms with van der Waals surface area (Å²) in [5.41, 5.74) is 3.54. The van der Waals surface area contributed by atoms with Crippen LogP contribution in [0.25, 0.3) is 6.08 Å². The van der Waals surface area contributed by atoms with Gasteiger partial charge in [-0.25, -0.2) is 0 Å². The molecule has 1 unspecified atom stereocenters. The average Bonchev–Trinajstić information content (AvgIpc) is 3.18. The zero-order chi connectivity index (χ0) is 19.3. The summed E-state index contributed by atoms with van der Waals surface area (Å²) >= 11 is -3.17. The van der Waals surface area contributed by atoms with Crippen molar-refractivity contribution in [2.45, 2.75) is 3.67 Å².